The van der Waals surface area contributed by atoms with Crippen LogP contribution in [0.5, 0.6) is 0 Å². The topological polar surface area (TPSA) is 66.4 Å². The average Bonchev–Trinajstić information content (AvgIpc) is 2.78. The Morgan fingerprint density at radius 2 is 2.14 bits per heavy atom. The molecule has 0 spiro atoms. The van der Waals surface area contributed by atoms with Crippen LogP contribution in [0.15, 0.2) is 18.2 Å². The standard InChI is InChI=1S/C16H18FNO3/c17-12-4-1-3-11-10(12)5-6-13(11)18-14(19)9-16(15(20)21)7-2-8-16/h1,3-4,13H,2,5-9H2,(H,18,19)(H,20,21). The van der Waals surface area contributed by atoms with Crippen molar-refractivity contribution >= 4 is 11.9 Å². The van der Waals surface area contributed by atoms with Gasteiger partial charge in [0.2, 0.25) is 5.91 Å². The Balaban J connectivity index is 1.68. The molecule has 2 aliphatic carbocycles. The summed E-state index contributed by atoms with van der Waals surface area (Å²) in [6.07, 6.45) is 3.27. The van der Waals surface area contributed by atoms with Gasteiger partial charge in [-0.25, -0.2) is 4.39 Å². The second kappa shape index (κ2) is 5.13. The van der Waals surface area contributed by atoms with E-state index in [4.69, 9.17) is 0 Å². The molecule has 5 heteroatoms. The maximum atomic E-state index is 13.7. The molecule has 0 saturated heterocycles. The molecule has 0 heterocycles. The monoisotopic (exact) mass is 291 g/mol. The lowest BCUT2D eigenvalue weighted by atomic mass is 9.66. The first-order valence-corrected chi connectivity index (χ1v) is 7.32. The Kier molecular flexibility index (Phi) is 3.43. The number of amides is 1. The Morgan fingerprint density at radius 3 is 2.76 bits per heavy atom. The maximum absolute atomic E-state index is 13.7. The summed E-state index contributed by atoms with van der Waals surface area (Å²) >= 11 is 0. The quantitative estimate of drug-likeness (QED) is 0.896. The number of carbonyl (C=O) groups excluding carboxylic acids is 1. The summed E-state index contributed by atoms with van der Waals surface area (Å²) in [6, 6.07) is 4.70. The smallest absolute Gasteiger partial charge is 0.310 e. The molecule has 2 aliphatic rings. The van der Waals surface area contributed by atoms with Crippen molar-refractivity contribution in [1.82, 2.24) is 5.32 Å². The SMILES string of the molecule is O=C(CC1(C(=O)O)CCC1)NC1CCc2c(F)cccc21. The van der Waals surface area contributed by atoms with Crippen LogP contribution in [0.1, 0.15) is 49.3 Å². The highest BCUT2D eigenvalue weighted by atomic mass is 19.1. The van der Waals surface area contributed by atoms with Crippen LogP contribution in [0, 0.1) is 11.2 Å². The van der Waals surface area contributed by atoms with Crippen LogP contribution in [0.3, 0.4) is 0 Å². The first-order chi connectivity index (χ1) is 10.0. The second-order valence-corrected chi connectivity index (χ2v) is 6.08. The molecule has 112 valence electrons. The summed E-state index contributed by atoms with van der Waals surface area (Å²) in [6.45, 7) is 0. The normalized spacial score (nSPS) is 22.2. The van der Waals surface area contributed by atoms with E-state index < -0.39 is 11.4 Å². The molecule has 0 aromatic heterocycles. The van der Waals surface area contributed by atoms with Gasteiger partial charge in [-0.3, -0.25) is 9.59 Å². The van der Waals surface area contributed by atoms with Crippen molar-refractivity contribution in [1.29, 1.82) is 0 Å². The zero-order chi connectivity index (χ0) is 15.0. The minimum absolute atomic E-state index is 0.0173. The van der Waals surface area contributed by atoms with Crippen LogP contribution in [0.4, 0.5) is 4.39 Å². The lowest BCUT2D eigenvalue weighted by Gasteiger charge is -2.37. The Hall–Kier alpha value is -1.91. The first-order valence-electron chi connectivity index (χ1n) is 7.32. The fourth-order valence-corrected chi connectivity index (χ4v) is 3.38. The Labute approximate surface area is 122 Å². The summed E-state index contributed by atoms with van der Waals surface area (Å²) in [5, 5.41) is 12.1. The highest BCUT2D eigenvalue weighted by molar-refractivity contribution is 5.86. The minimum atomic E-state index is -0.887. The minimum Gasteiger partial charge on any atom is -0.481 e. The third kappa shape index (κ3) is 2.41. The number of carbonyl (C=O) groups is 2. The van der Waals surface area contributed by atoms with Crippen LogP contribution in [-0.2, 0) is 16.0 Å². The predicted molar refractivity (Wildman–Crippen MR) is 74.1 cm³/mol. The molecule has 2 N–H and O–H groups in total. The van der Waals surface area contributed by atoms with Crippen molar-refractivity contribution in [3.63, 3.8) is 0 Å². The molecule has 0 radical (unpaired) electrons. The lowest BCUT2D eigenvalue weighted by Crippen LogP contribution is -2.43. The van der Waals surface area contributed by atoms with Crippen LogP contribution in [0.2, 0.25) is 0 Å². The number of rotatable bonds is 4. The molecule has 1 aromatic rings. The number of carboxylic acid groups (broad SMARTS) is 1. The van der Waals surface area contributed by atoms with E-state index in [0.717, 1.165) is 12.0 Å². The lowest BCUT2D eigenvalue weighted by molar-refractivity contribution is -0.157. The zero-order valence-corrected chi connectivity index (χ0v) is 11.7. The number of benzene rings is 1. The fraction of sp³-hybridized carbons (Fsp3) is 0.500. The van der Waals surface area contributed by atoms with Gasteiger partial charge in [0.1, 0.15) is 5.82 Å². The molecular formula is C16H18FNO3. The number of aliphatic carboxylic acids is 1. The van der Waals surface area contributed by atoms with E-state index in [1.54, 1.807) is 6.07 Å². The van der Waals surface area contributed by atoms with Crippen molar-refractivity contribution < 1.29 is 19.1 Å². The van der Waals surface area contributed by atoms with Crippen LogP contribution >= 0.6 is 0 Å². The van der Waals surface area contributed by atoms with E-state index in [2.05, 4.69) is 5.32 Å². The number of carboxylic acids is 1. The summed E-state index contributed by atoms with van der Waals surface area (Å²) in [5.74, 6) is -1.37. The van der Waals surface area contributed by atoms with Gasteiger partial charge < -0.3 is 10.4 Å². The van der Waals surface area contributed by atoms with E-state index in [1.807, 2.05) is 6.07 Å². The van der Waals surface area contributed by atoms with E-state index in [0.29, 0.717) is 31.2 Å². The highest BCUT2D eigenvalue weighted by Gasteiger charge is 2.46. The van der Waals surface area contributed by atoms with E-state index in [9.17, 15) is 19.1 Å². The van der Waals surface area contributed by atoms with Crippen LogP contribution in [-0.4, -0.2) is 17.0 Å². The maximum Gasteiger partial charge on any atom is 0.310 e. The predicted octanol–water partition coefficient (Wildman–Crippen LogP) is 2.57. The van der Waals surface area contributed by atoms with Gasteiger partial charge >= 0.3 is 5.97 Å². The number of fused-ring (bicyclic) bond motifs is 1. The fourth-order valence-electron chi connectivity index (χ4n) is 3.38. The molecule has 4 nitrogen and oxygen atoms in total. The van der Waals surface area contributed by atoms with Gasteiger partial charge in [0.25, 0.3) is 0 Å². The molecule has 0 bridgehead atoms. The molecule has 1 atom stereocenters. The van der Waals surface area contributed by atoms with Gasteiger partial charge in [-0.05, 0) is 42.9 Å². The van der Waals surface area contributed by atoms with Gasteiger partial charge in [0.15, 0.2) is 0 Å². The highest BCUT2D eigenvalue weighted by Crippen LogP contribution is 2.44. The zero-order valence-electron chi connectivity index (χ0n) is 11.7. The summed E-state index contributed by atoms with van der Waals surface area (Å²) in [4.78, 5) is 23.4. The van der Waals surface area contributed by atoms with Crippen molar-refractivity contribution in [2.45, 2.75) is 44.6 Å². The van der Waals surface area contributed by atoms with Gasteiger partial charge in [-0.15, -0.1) is 0 Å². The number of hydrogen-bond acceptors (Lipinski definition) is 2. The van der Waals surface area contributed by atoms with Gasteiger partial charge in [0, 0.05) is 6.42 Å². The van der Waals surface area contributed by atoms with E-state index >= 15 is 0 Å². The summed E-state index contributed by atoms with van der Waals surface area (Å²) in [5.41, 5.74) is 0.605. The molecule has 3 rings (SSSR count). The molecule has 1 amide bonds. The molecule has 1 fully saturated rings. The first kappa shape index (κ1) is 14.0. The van der Waals surface area contributed by atoms with Gasteiger partial charge in [-0.2, -0.15) is 0 Å². The Morgan fingerprint density at radius 1 is 1.38 bits per heavy atom. The van der Waals surface area contributed by atoms with Crippen molar-refractivity contribution in [2.24, 2.45) is 5.41 Å². The van der Waals surface area contributed by atoms with E-state index in [-0.39, 0.29) is 24.2 Å². The average molecular weight is 291 g/mol. The number of halogens is 1. The molecular weight excluding hydrogens is 273 g/mol. The second-order valence-electron chi connectivity index (χ2n) is 6.08. The van der Waals surface area contributed by atoms with Gasteiger partial charge in [0.05, 0.1) is 11.5 Å². The van der Waals surface area contributed by atoms with Crippen LogP contribution in [0.25, 0.3) is 0 Å². The van der Waals surface area contributed by atoms with Crippen molar-refractivity contribution in [3.05, 3.63) is 35.1 Å². The number of hydrogen-bond donors (Lipinski definition) is 2. The summed E-state index contributed by atoms with van der Waals surface area (Å²) < 4.78 is 13.7. The summed E-state index contributed by atoms with van der Waals surface area (Å²) in [7, 11) is 0. The molecule has 1 aromatic carbocycles. The molecule has 0 aliphatic heterocycles. The molecule has 21 heavy (non-hydrogen) atoms. The third-order valence-corrected chi connectivity index (χ3v) is 4.81. The molecule has 1 saturated carbocycles. The van der Waals surface area contributed by atoms with Crippen LogP contribution < -0.4 is 5.32 Å². The van der Waals surface area contributed by atoms with Crippen molar-refractivity contribution in [3.8, 4) is 0 Å². The van der Waals surface area contributed by atoms with E-state index in [1.165, 1.54) is 6.07 Å². The van der Waals surface area contributed by atoms with Crippen molar-refractivity contribution in [2.75, 3.05) is 0 Å². The number of nitrogens with one attached hydrogen (secondary N) is 1. The largest absolute Gasteiger partial charge is 0.481 e. The third-order valence-electron chi connectivity index (χ3n) is 4.81. The molecule has 1 unspecified atom stereocenters. The Bertz CT molecular complexity index is 595. The van der Waals surface area contributed by atoms with Gasteiger partial charge in [-0.1, -0.05) is 18.6 Å².